The van der Waals surface area contributed by atoms with Gasteiger partial charge in [0.25, 0.3) is 11.8 Å². The third kappa shape index (κ3) is 4.76. The van der Waals surface area contributed by atoms with Crippen LogP contribution in [-0.4, -0.2) is 18.9 Å². The van der Waals surface area contributed by atoms with Crippen molar-refractivity contribution in [2.24, 2.45) is 0 Å². The Bertz CT molecular complexity index is 953. The molecule has 2 N–H and O–H groups in total. The number of benzene rings is 3. The zero-order chi connectivity index (χ0) is 19.9. The molecule has 0 aliphatic rings. The Balaban J connectivity index is 1.67. The van der Waals surface area contributed by atoms with E-state index in [-0.39, 0.29) is 17.9 Å². The van der Waals surface area contributed by atoms with Crippen molar-refractivity contribution >= 4 is 17.5 Å². The molecule has 0 bridgehead atoms. The minimum atomic E-state index is -0.252. The zero-order valence-electron chi connectivity index (χ0n) is 15.8. The SMILES string of the molecule is COc1ccc(C(=O)Nc2cccc(C(=O)NC(C)c3ccccc3)c2)cc1. The second-order valence-corrected chi connectivity index (χ2v) is 6.37. The summed E-state index contributed by atoms with van der Waals surface area (Å²) in [5.41, 5.74) is 2.57. The zero-order valence-corrected chi connectivity index (χ0v) is 15.8. The van der Waals surface area contributed by atoms with Gasteiger partial charge < -0.3 is 15.4 Å². The Kier molecular flexibility index (Phi) is 6.07. The van der Waals surface area contributed by atoms with Crippen LogP contribution in [0.15, 0.2) is 78.9 Å². The van der Waals surface area contributed by atoms with Crippen molar-refractivity contribution in [1.82, 2.24) is 5.32 Å². The van der Waals surface area contributed by atoms with E-state index < -0.39 is 0 Å². The van der Waals surface area contributed by atoms with E-state index in [1.54, 1.807) is 55.6 Å². The standard InChI is InChI=1S/C23H22N2O3/c1-16(17-7-4-3-5-8-17)24-23(27)19-9-6-10-20(15-19)25-22(26)18-11-13-21(28-2)14-12-18/h3-16H,1-2H3,(H,24,27)(H,25,26). The normalized spacial score (nSPS) is 11.4. The molecule has 0 spiro atoms. The van der Waals surface area contributed by atoms with Crippen LogP contribution in [0.5, 0.6) is 5.75 Å². The number of carbonyl (C=O) groups is 2. The average molecular weight is 374 g/mol. The molecule has 0 saturated carbocycles. The van der Waals surface area contributed by atoms with E-state index in [1.165, 1.54) is 0 Å². The van der Waals surface area contributed by atoms with E-state index in [4.69, 9.17) is 4.74 Å². The van der Waals surface area contributed by atoms with Crippen molar-refractivity contribution < 1.29 is 14.3 Å². The Hall–Kier alpha value is -3.60. The summed E-state index contributed by atoms with van der Waals surface area (Å²) in [6.07, 6.45) is 0. The van der Waals surface area contributed by atoms with Crippen molar-refractivity contribution in [3.63, 3.8) is 0 Å². The van der Waals surface area contributed by atoms with Gasteiger partial charge in [-0.05, 0) is 55.0 Å². The molecule has 0 fully saturated rings. The van der Waals surface area contributed by atoms with Gasteiger partial charge >= 0.3 is 0 Å². The highest BCUT2D eigenvalue weighted by Gasteiger charge is 2.13. The molecule has 0 saturated heterocycles. The number of hydrogen-bond donors (Lipinski definition) is 2. The van der Waals surface area contributed by atoms with Crippen molar-refractivity contribution in [3.05, 3.63) is 95.6 Å². The van der Waals surface area contributed by atoms with Gasteiger partial charge in [-0.3, -0.25) is 9.59 Å². The van der Waals surface area contributed by atoms with Gasteiger partial charge in [-0.2, -0.15) is 0 Å². The van der Waals surface area contributed by atoms with E-state index in [2.05, 4.69) is 10.6 Å². The first-order chi connectivity index (χ1) is 13.6. The minimum Gasteiger partial charge on any atom is -0.497 e. The molecular weight excluding hydrogens is 352 g/mol. The molecule has 5 nitrogen and oxygen atoms in total. The topological polar surface area (TPSA) is 67.4 Å². The number of methoxy groups -OCH3 is 1. The molecule has 0 heterocycles. The maximum absolute atomic E-state index is 12.6. The van der Waals surface area contributed by atoms with Crippen LogP contribution in [0.1, 0.15) is 39.2 Å². The molecule has 0 radical (unpaired) electrons. The van der Waals surface area contributed by atoms with Crippen LogP contribution < -0.4 is 15.4 Å². The molecule has 3 aromatic carbocycles. The quantitative estimate of drug-likeness (QED) is 0.670. The summed E-state index contributed by atoms with van der Waals surface area (Å²) in [5.74, 6) is 0.234. The van der Waals surface area contributed by atoms with Gasteiger partial charge in [0.15, 0.2) is 0 Å². The summed E-state index contributed by atoms with van der Waals surface area (Å²) in [4.78, 5) is 25.0. The van der Waals surface area contributed by atoms with Crippen LogP contribution in [0, 0.1) is 0 Å². The molecule has 1 unspecified atom stereocenters. The Labute approximate surface area is 164 Å². The first-order valence-corrected chi connectivity index (χ1v) is 8.98. The van der Waals surface area contributed by atoms with Crippen molar-refractivity contribution in [2.75, 3.05) is 12.4 Å². The van der Waals surface area contributed by atoms with Gasteiger partial charge in [0, 0.05) is 16.8 Å². The third-order valence-electron chi connectivity index (χ3n) is 4.38. The molecule has 5 heteroatoms. The van der Waals surface area contributed by atoms with Crippen LogP contribution in [0.2, 0.25) is 0 Å². The van der Waals surface area contributed by atoms with E-state index in [1.807, 2.05) is 37.3 Å². The van der Waals surface area contributed by atoms with Crippen molar-refractivity contribution in [1.29, 1.82) is 0 Å². The van der Waals surface area contributed by atoms with E-state index >= 15 is 0 Å². The Morgan fingerprint density at radius 1 is 0.821 bits per heavy atom. The van der Waals surface area contributed by atoms with E-state index in [9.17, 15) is 9.59 Å². The molecule has 142 valence electrons. The number of amides is 2. The monoisotopic (exact) mass is 374 g/mol. The molecule has 3 rings (SSSR count). The molecule has 0 aromatic heterocycles. The number of anilines is 1. The molecule has 2 amide bonds. The van der Waals surface area contributed by atoms with Crippen LogP contribution in [0.3, 0.4) is 0 Å². The number of carbonyl (C=O) groups excluding carboxylic acids is 2. The highest BCUT2D eigenvalue weighted by Crippen LogP contribution is 2.17. The first kappa shape index (κ1) is 19.2. The predicted molar refractivity (Wildman–Crippen MR) is 110 cm³/mol. The second-order valence-electron chi connectivity index (χ2n) is 6.37. The molecular formula is C23H22N2O3. The maximum atomic E-state index is 12.6. The highest BCUT2D eigenvalue weighted by atomic mass is 16.5. The first-order valence-electron chi connectivity index (χ1n) is 8.98. The molecule has 0 aliphatic heterocycles. The van der Waals surface area contributed by atoms with Crippen LogP contribution in [0.25, 0.3) is 0 Å². The van der Waals surface area contributed by atoms with Gasteiger partial charge in [-0.1, -0.05) is 36.4 Å². The lowest BCUT2D eigenvalue weighted by molar-refractivity contribution is 0.0938. The Morgan fingerprint density at radius 2 is 1.54 bits per heavy atom. The summed E-state index contributed by atoms with van der Waals surface area (Å²) >= 11 is 0. The molecule has 0 aliphatic carbocycles. The Morgan fingerprint density at radius 3 is 2.21 bits per heavy atom. The number of ether oxygens (including phenoxy) is 1. The summed E-state index contributed by atoms with van der Waals surface area (Å²) in [6, 6.07) is 23.3. The van der Waals surface area contributed by atoms with Crippen molar-refractivity contribution in [2.45, 2.75) is 13.0 Å². The van der Waals surface area contributed by atoms with Gasteiger partial charge in [0.05, 0.1) is 13.2 Å². The van der Waals surface area contributed by atoms with Crippen LogP contribution in [-0.2, 0) is 0 Å². The number of rotatable bonds is 6. The maximum Gasteiger partial charge on any atom is 0.255 e. The number of nitrogens with one attached hydrogen (secondary N) is 2. The fourth-order valence-electron chi connectivity index (χ4n) is 2.79. The fraction of sp³-hybridized carbons (Fsp3) is 0.130. The fourth-order valence-corrected chi connectivity index (χ4v) is 2.79. The van der Waals surface area contributed by atoms with Gasteiger partial charge in [0.2, 0.25) is 0 Å². The van der Waals surface area contributed by atoms with Crippen LogP contribution in [0.4, 0.5) is 5.69 Å². The molecule has 3 aromatic rings. The number of hydrogen-bond acceptors (Lipinski definition) is 3. The van der Waals surface area contributed by atoms with Gasteiger partial charge in [-0.25, -0.2) is 0 Å². The minimum absolute atomic E-state index is 0.119. The van der Waals surface area contributed by atoms with Crippen LogP contribution >= 0.6 is 0 Å². The largest absolute Gasteiger partial charge is 0.497 e. The lowest BCUT2D eigenvalue weighted by Gasteiger charge is -2.15. The second kappa shape index (κ2) is 8.86. The van der Waals surface area contributed by atoms with Gasteiger partial charge in [-0.15, -0.1) is 0 Å². The smallest absolute Gasteiger partial charge is 0.255 e. The molecule has 28 heavy (non-hydrogen) atoms. The summed E-state index contributed by atoms with van der Waals surface area (Å²) in [7, 11) is 1.57. The predicted octanol–water partition coefficient (Wildman–Crippen LogP) is 4.44. The van der Waals surface area contributed by atoms with Crippen molar-refractivity contribution in [3.8, 4) is 5.75 Å². The summed E-state index contributed by atoms with van der Waals surface area (Å²) in [6.45, 7) is 1.93. The molecule has 1 atom stereocenters. The summed E-state index contributed by atoms with van der Waals surface area (Å²) in [5, 5.41) is 5.79. The summed E-state index contributed by atoms with van der Waals surface area (Å²) < 4.78 is 5.10. The third-order valence-corrected chi connectivity index (χ3v) is 4.38. The highest BCUT2D eigenvalue weighted by molar-refractivity contribution is 6.05. The average Bonchev–Trinajstić information content (AvgIpc) is 2.74. The van der Waals surface area contributed by atoms with E-state index in [0.29, 0.717) is 22.6 Å². The lowest BCUT2D eigenvalue weighted by Crippen LogP contribution is -2.26. The lowest BCUT2D eigenvalue weighted by atomic mass is 10.1. The van der Waals surface area contributed by atoms with E-state index in [0.717, 1.165) is 5.56 Å². The van der Waals surface area contributed by atoms with Gasteiger partial charge in [0.1, 0.15) is 5.75 Å².